The van der Waals surface area contributed by atoms with Gasteiger partial charge in [0.05, 0.1) is 6.61 Å². The van der Waals surface area contributed by atoms with Crippen LogP contribution >= 0.6 is 34.8 Å². The Labute approximate surface area is 139 Å². The number of halogens is 3. The molecule has 1 rings (SSSR count). The van der Waals surface area contributed by atoms with E-state index in [4.69, 9.17) is 44.3 Å². The Morgan fingerprint density at radius 2 is 1.95 bits per heavy atom. The van der Waals surface area contributed by atoms with Crippen molar-refractivity contribution in [1.82, 2.24) is 4.90 Å². The number of carbonyl (C=O) groups excluding carboxylic acids is 2. The van der Waals surface area contributed by atoms with Gasteiger partial charge in [-0.3, -0.25) is 4.90 Å². The van der Waals surface area contributed by atoms with E-state index < -0.39 is 21.9 Å². The van der Waals surface area contributed by atoms with Gasteiger partial charge in [-0.15, -0.1) is 0 Å². The Bertz CT molecular complexity index is 360. The van der Waals surface area contributed by atoms with Crippen LogP contribution in [0.2, 0.25) is 0 Å². The van der Waals surface area contributed by atoms with Gasteiger partial charge in [0.1, 0.15) is 12.6 Å². The summed E-state index contributed by atoms with van der Waals surface area (Å²) >= 11 is 16.6. The van der Waals surface area contributed by atoms with E-state index in [-0.39, 0.29) is 6.61 Å². The number of carbonyl (C=O) groups is 2. The fourth-order valence-corrected chi connectivity index (χ4v) is 2.24. The smallest absolute Gasteiger partial charge is 0.410 e. The van der Waals surface area contributed by atoms with Crippen LogP contribution in [0.1, 0.15) is 39.0 Å². The maximum atomic E-state index is 12.0. The Kier molecular flexibility index (Phi) is 7.92. The number of rotatable bonds is 6. The molecular formula is C13H20Cl3NO4. The lowest BCUT2D eigenvalue weighted by molar-refractivity contribution is -0.148. The van der Waals surface area contributed by atoms with Gasteiger partial charge in [0.15, 0.2) is 0 Å². The standard InChI is InChI=1S/C13H20Cl3NO4/c1-2-3-4-8-20-11(18)10-6-5-7-17(10)12(19)21-9-13(14,15)16/h10H,2-9H2,1H3. The number of likely N-dealkylation sites (tertiary alicyclic amines) is 1. The molecule has 21 heavy (non-hydrogen) atoms. The van der Waals surface area contributed by atoms with Crippen LogP contribution < -0.4 is 0 Å². The number of esters is 1. The summed E-state index contributed by atoms with van der Waals surface area (Å²) in [6.07, 6.45) is 3.51. The Morgan fingerprint density at radius 3 is 2.57 bits per heavy atom. The van der Waals surface area contributed by atoms with Gasteiger partial charge in [0, 0.05) is 6.54 Å². The molecule has 0 aromatic rings. The minimum Gasteiger partial charge on any atom is -0.464 e. The number of alkyl halides is 3. The van der Waals surface area contributed by atoms with Crippen molar-refractivity contribution in [3.8, 4) is 0 Å². The molecule has 0 aliphatic carbocycles. The topological polar surface area (TPSA) is 55.8 Å². The molecule has 1 unspecified atom stereocenters. The van der Waals surface area contributed by atoms with E-state index in [9.17, 15) is 9.59 Å². The number of hydrogen-bond acceptors (Lipinski definition) is 4. The monoisotopic (exact) mass is 359 g/mol. The largest absolute Gasteiger partial charge is 0.464 e. The summed E-state index contributed by atoms with van der Waals surface area (Å²) in [6, 6.07) is -0.602. The third-order valence-corrected chi connectivity index (χ3v) is 3.44. The first-order valence-corrected chi connectivity index (χ1v) is 8.15. The normalized spacial score (nSPS) is 18.7. The highest BCUT2D eigenvalue weighted by molar-refractivity contribution is 6.67. The molecule has 8 heteroatoms. The SMILES string of the molecule is CCCCCOC(=O)C1CCCN1C(=O)OCC(Cl)(Cl)Cl. The minimum absolute atomic E-state index is 0.356. The van der Waals surface area contributed by atoms with Crippen LogP contribution in [-0.4, -0.2) is 46.6 Å². The van der Waals surface area contributed by atoms with Gasteiger partial charge in [-0.05, 0) is 19.3 Å². The second-order valence-electron chi connectivity index (χ2n) is 4.90. The summed E-state index contributed by atoms with van der Waals surface area (Å²) in [5.41, 5.74) is 0. The summed E-state index contributed by atoms with van der Waals surface area (Å²) < 4.78 is 8.42. The molecular weight excluding hydrogens is 341 g/mol. The van der Waals surface area contributed by atoms with Crippen LogP contribution in [0, 0.1) is 0 Å². The molecule has 1 aliphatic heterocycles. The number of unbranched alkanes of at least 4 members (excludes halogenated alkanes) is 2. The summed E-state index contributed by atoms with van der Waals surface area (Å²) in [7, 11) is 0. The molecule has 0 aromatic carbocycles. The predicted molar refractivity (Wildman–Crippen MR) is 81.9 cm³/mol. The first kappa shape index (κ1) is 18.7. The van der Waals surface area contributed by atoms with E-state index in [0.717, 1.165) is 25.7 Å². The molecule has 0 radical (unpaired) electrons. The second kappa shape index (κ2) is 8.91. The van der Waals surface area contributed by atoms with E-state index >= 15 is 0 Å². The van der Waals surface area contributed by atoms with E-state index in [1.807, 2.05) is 0 Å². The van der Waals surface area contributed by atoms with E-state index in [1.54, 1.807) is 0 Å². The second-order valence-corrected chi connectivity index (χ2v) is 7.41. The van der Waals surface area contributed by atoms with Gasteiger partial charge in [-0.1, -0.05) is 54.6 Å². The van der Waals surface area contributed by atoms with Crippen LogP contribution in [0.4, 0.5) is 4.79 Å². The number of nitrogens with zero attached hydrogens (tertiary/aromatic N) is 1. The third-order valence-electron chi connectivity index (χ3n) is 3.11. The van der Waals surface area contributed by atoms with Crippen molar-refractivity contribution >= 4 is 46.9 Å². The van der Waals surface area contributed by atoms with Crippen LogP contribution in [0.5, 0.6) is 0 Å². The van der Waals surface area contributed by atoms with Crippen LogP contribution in [0.25, 0.3) is 0 Å². The summed E-state index contributed by atoms with van der Waals surface area (Å²) in [4.78, 5) is 25.2. The average molecular weight is 361 g/mol. The summed E-state index contributed by atoms with van der Waals surface area (Å²) in [6.45, 7) is 2.53. The van der Waals surface area contributed by atoms with Gasteiger partial charge in [-0.2, -0.15) is 0 Å². The van der Waals surface area contributed by atoms with Gasteiger partial charge in [0.2, 0.25) is 3.79 Å². The maximum absolute atomic E-state index is 12.0. The van der Waals surface area contributed by atoms with Gasteiger partial charge < -0.3 is 9.47 Å². The molecule has 0 bridgehead atoms. The lowest BCUT2D eigenvalue weighted by Crippen LogP contribution is -2.42. The molecule has 1 saturated heterocycles. The van der Waals surface area contributed by atoms with Crippen molar-refractivity contribution in [2.24, 2.45) is 0 Å². The molecule has 0 aromatic heterocycles. The summed E-state index contributed by atoms with van der Waals surface area (Å²) in [5, 5.41) is 0. The Hall–Kier alpha value is -0.390. The molecule has 1 fully saturated rings. The maximum Gasteiger partial charge on any atom is 0.410 e. The van der Waals surface area contributed by atoms with Gasteiger partial charge in [0.25, 0.3) is 0 Å². The first-order chi connectivity index (χ1) is 9.85. The van der Waals surface area contributed by atoms with Crippen molar-refractivity contribution in [3.05, 3.63) is 0 Å². The number of ether oxygens (including phenoxy) is 2. The molecule has 1 amide bonds. The van der Waals surface area contributed by atoms with Crippen LogP contribution in [-0.2, 0) is 14.3 Å². The van der Waals surface area contributed by atoms with Gasteiger partial charge in [-0.25, -0.2) is 9.59 Å². The fourth-order valence-electron chi connectivity index (χ4n) is 2.08. The van der Waals surface area contributed by atoms with E-state index in [0.29, 0.717) is 19.6 Å². The molecule has 1 aliphatic rings. The first-order valence-electron chi connectivity index (χ1n) is 7.02. The van der Waals surface area contributed by atoms with Crippen molar-refractivity contribution in [2.75, 3.05) is 19.8 Å². The molecule has 1 heterocycles. The molecule has 1 atom stereocenters. The highest BCUT2D eigenvalue weighted by Crippen LogP contribution is 2.27. The van der Waals surface area contributed by atoms with Crippen molar-refractivity contribution in [2.45, 2.75) is 48.9 Å². The highest BCUT2D eigenvalue weighted by Gasteiger charge is 2.37. The molecule has 122 valence electrons. The average Bonchev–Trinajstić information content (AvgIpc) is 2.89. The molecule has 0 spiro atoms. The van der Waals surface area contributed by atoms with Crippen molar-refractivity contribution in [1.29, 1.82) is 0 Å². The van der Waals surface area contributed by atoms with Crippen molar-refractivity contribution in [3.63, 3.8) is 0 Å². The van der Waals surface area contributed by atoms with E-state index in [2.05, 4.69) is 6.92 Å². The van der Waals surface area contributed by atoms with E-state index in [1.165, 1.54) is 4.90 Å². The molecule has 5 nitrogen and oxygen atoms in total. The number of hydrogen-bond donors (Lipinski definition) is 0. The zero-order chi connectivity index (χ0) is 15.9. The molecule has 0 saturated carbocycles. The quantitative estimate of drug-likeness (QED) is 0.412. The van der Waals surface area contributed by atoms with Gasteiger partial charge >= 0.3 is 12.1 Å². The van der Waals surface area contributed by atoms with Crippen LogP contribution in [0.3, 0.4) is 0 Å². The highest BCUT2D eigenvalue weighted by atomic mass is 35.6. The van der Waals surface area contributed by atoms with Crippen LogP contribution in [0.15, 0.2) is 0 Å². The molecule has 0 N–H and O–H groups in total. The summed E-state index contributed by atoms with van der Waals surface area (Å²) in [5.74, 6) is -0.394. The lowest BCUT2D eigenvalue weighted by Gasteiger charge is -2.23. The predicted octanol–water partition coefficient (Wildman–Crippen LogP) is 3.69. The zero-order valence-electron chi connectivity index (χ0n) is 11.9. The van der Waals surface area contributed by atoms with Crippen molar-refractivity contribution < 1.29 is 19.1 Å². The lowest BCUT2D eigenvalue weighted by atomic mass is 10.2. The fraction of sp³-hybridized carbons (Fsp3) is 0.846. The number of amides is 1. The minimum atomic E-state index is -1.66. The Morgan fingerprint density at radius 1 is 1.24 bits per heavy atom. The zero-order valence-corrected chi connectivity index (χ0v) is 14.2. The Balaban J connectivity index is 2.43. The third kappa shape index (κ3) is 6.94.